The van der Waals surface area contributed by atoms with Crippen LogP contribution in [0.5, 0.6) is 0 Å². The Morgan fingerprint density at radius 1 is 1.24 bits per heavy atom. The van der Waals surface area contributed by atoms with Gasteiger partial charge in [-0.15, -0.1) is 0 Å². The fourth-order valence-corrected chi connectivity index (χ4v) is 3.91. The molecule has 6 heteroatoms. The van der Waals surface area contributed by atoms with Crippen molar-refractivity contribution >= 4 is 15.7 Å². The number of carbonyl (C=O) groups excluding carboxylic acids is 1. The van der Waals surface area contributed by atoms with E-state index in [-0.39, 0.29) is 6.04 Å². The van der Waals surface area contributed by atoms with Crippen molar-refractivity contribution < 1.29 is 17.6 Å². The van der Waals surface area contributed by atoms with Crippen molar-refractivity contribution in [1.29, 1.82) is 0 Å². The van der Waals surface area contributed by atoms with Crippen molar-refractivity contribution in [2.75, 3.05) is 0 Å². The highest BCUT2D eigenvalue weighted by Crippen LogP contribution is 2.21. The monoisotopic (exact) mass is 313 g/mol. The molecule has 0 bridgehead atoms. The number of hydrogen-bond donors (Lipinski definition) is 1. The lowest BCUT2D eigenvalue weighted by Gasteiger charge is -2.24. The van der Waals surface area contributed by atoms with Crippen LogP contribution < -0.4 is 5.32 Å². The predicted octanol–water partition coefficient (Wildman–Crippen LogP) is 2.44. The minimum Gasteiger partial charge on any atom is -0.352 e. The number of hydrogen-bond acceptors (Lipinski definition) is 3. The van der Waals surface area contributed by atoms with Gasteiger partial charge in [-0.2, -0.15) is 0 Å². The summed E-state index contributed by atoms with van der Waals surface area (Å²) in [5.41, 5.74) is 0. The van der Waals surface area contributed by atoms with Gasteiger partial charge in [0.1, 0.15) is 16.0 Å². The van der Waals surface area contributed by atoms with Crippen LogP contribution in [0.1, 0.15) is 39.0 Å². The molecule has 0 radical (unpaired) electrons. The molecule has 1 N–H and O–H groups in total. The van der Waals surface area contributed by atoms with Gasteiger partial charge >= 0.3 is 0 Å². The van der Waals surface area contributed by atoms with Crippen LogP contribution in [-0.4, -0.2) is 25.6 Å². The van der Waals surface area contributed by atoms with Crippen molar-refractivity contribution in [3.8, 4) is 0 Å². The molecule has 1 saturated carbocycles. The standard InChI is InChI=1S/C15H20FNO3S/c1-11(15(18)17-12-7-3-2-4-8-12)21(19,20)14-10-6-5-9-13(14)16/h5-6,9-12H,2-4,7-8H2,1H3,(H,17,18)/t11-/m0/s1. The van der Waals surface area contributed by atoms with E-state index >= 15 is 0 Å². The summed E-state index contributed by atoms with van der Waals surface area (Å²) in [6.45, 7) is 1.31. The maximum Gasteiger partial charge on any atom is 0.238 e. The summed E-state index contributed by atoms with van der Waals surface area (Å²) in [6.07, 6.45) is 4.98. The Balaban J connectivity index is 2.12. The molecule has 1 aliphatic carbocycles. The summed E-state index contributed by atoms with van der Waals surface area (Å²) in [6, 6.07) is 5.17. The Hall–Kier alpha value is -1.43. The van der Waals surface area contributed by atoms with Crippen LogP contribution >= 0.6 is 0 Å². The average Bonchev–Trinajstić information content (AvgIpc) is 2.47. The Bertz CT molecular complexity index is 609. The van der Waals surface area contributed by atoms with E-state index in [0.717, 1.165) is 38.2 Å². The zero-order valence-electron chi connectivity index (χ0n) is 12.0. The van der Waals surface area contributed by atoms with Gasteiger partial charge in [-0.05, 0) is 31.9 Å². The fourth-order valence-electron chi connectivity index (χ4n) is 2.57. The lowest BCUT2D eigenvalue weighted by atomic mass is 9.95. The maximum absolute atomic E-state index is 13.7. The molecule has 1 fully saturated rings. The van der Waals surface area contributed by atoms with Gasteiger partial charge in [-0.25, -0.2) is 12.8 Å². The second kappa shape index (κ2) is 6.56. The number of benzene rings is 1. The van der Waals surface area contributed by atoms with Gasteiger partial charge < -0.3 is 5.32 Å². The molecule has 1 amide bonds. The van der Waals surface area contributed by atoms with E-state index in [0.29, 0.717) is 0 Å². The van der Waals surface area contributed by atoms with Crippen molar-refractivity contribution in [3.05, 3.63) is 30.1 Å². The van der Waals surface area contributed by atoms with Crippen LogP contribution in [-0.2, 0) is 14.6 Å². The van der Waals surface area contributed by atoms with Crippen LogP contribution in [0.25, 0.3) is 0 Å². The van der Waals surface area contributed by atoms with Crippen LogP contribution in [0.2, 0.25) is 0 Å². The van der Waals surface area contributed by atoms with E-state index < -0.39 is 31.7 Å². The Morgan fingerprint density at radius 2 is 1.86 bits per heavy atom. The van der Waals surface area contributed by atoms with Crippen molar-refractivity contribution in [3.63, 3.8) is 0 Å². The highest BCUT2D eigenvalue weighted by atomic mass is 32.2. The third-order valence-corrected chi connectivity index (χ3v) is 6.02. The first-order valence-electron chi connectivity index (χ1n) is 7.21. The first-order chi connectivity index (χ1) is 9.93. The van der Waals surface area contributed by atoms with Gasteiger partial charge in [0.05, 0.1) is 0 Å². The summed E-state index contributed by atoms with van der Waals surface area (Å²) < 4.78 is 38.3. The van der Waals surface area contributed by atoms with Crippen LogP contribution in [0.4, 0.5) is 4.39 Å². The Morgan fingerprint density at radius 3 is 2.48 bits per heavy atom. The number of amides is 1. The van der Waals surface area contributed by atoms with Crippen molar-refractivity contribution in [2.45, 2.75) is 55.2 Å². The van der Waals surface area contributed by atoms with Gasteiger partial charge in [0, 0.05) is 6.04 Å². The van der Waals surface area contributed by atoms with Gasteiger partial charge in [0.15, 0.2) is 9.84 Å². The molecule has 116 valence electrons. The highest BCUT2D eigenvalue weighted by molar-refractivity contribution is 7.92. The van der Waals surface area contributed by atoms with E-state index in [1.54, 1.807) is 0 Å². The molecule has 1 aromatic carbocycles. The predicted molar refractivity (Wildman–Crippen MR) is 78.1 cm³/mol. The first kappa shape index (κ1) is 15.9. The lowest BCUT2D eigenvalue weighted by molar-refractivity contribution is -0.121. The van der Waals surface area contributed by atoms with Gasteiger partial charge in [-0.3, -0.25) is 4.79 Å². The summed E-state index contributed by atoms with van der Waals surface area (Å²) in [5.74, 6) is -1.38. The summed E-state index contributed by atoms with van der Waals surface area (Å²) in [4.78, 5) is 11.7. The summed E-state index contributed by atoms with van der Waals surface area (Å²) in [7, 11) is -4.01. The number of sulfone groups is 1. The topological polar surface area (TPSA) is 63.2 Å². The zero-order chi connectivity index (χ0) is 15.5. The molecule has 1 atom stereocenters. The maximum atomic E-state index is 13.7. The molecule has 0 aromatic heterocycles. The molecule has 4 nitrogen and oxygen atoms in total. The van der Waals surface area contributed by atoms with Crippen LogP contribution in [0.3, 0.4) is 0 Å². The molecule has 0 aliphatic heterocycles. The number of rotatable bonds is 4. The van der Waals surface area contributed by atoms with E-state index in [2.05, 4.69) is 5.32 Å². The van der Waals surface area contributed by atoms with Crippen molar-refractivity contribution in [2.24, 2.45) is 0 Å². The summed E-state index contributed by atoms with van der Waals surface area (Å²) in [5, 5.41) is 1.48. The van der Waals surface area contributed by atoms with E-state index in [1.807, 2.05) is 0 Å². The molecule has 0 heterocycles. The number of nitrogens with one attached hydrogen (secondary N) is 1. The molecule has 1 aromatic rings. The van der Waals surface area contributed by atoms with E-state index in [9.17, 15) is 17.6 Å². The first-order valence-corrected chi connectivity index (χ1v) is 8.76. The fraction of sp³-hybridized carbons (Fsp3) is 0.533. The average molecular weight is 313 g/mol. The van der Waals surface area contributed by atoms with Crippen molar-refractivity contribution in [1.82, 2.24) is 5.32 Å². The zero-order valence-corrected chi connectivity index (χ0v) is 12.8. The van der Waals surface area contributed by atoms with E-state index in [1.165, 1.54) is 25.1 Å². The highest BCUT2D eigenvalue weighted by Gasteiger charge is 2.32. The molecule has 0 saturated heterocycles. The largest absolute Gasteiger partial charge is 0.352 e. The minimum atomic E-state index is -4.01. The smallest absolute Gasteiger partial charge is 0.238 e. The van der Waals surface area contributed by atoms with Crippen LogP contribution in [0.15, 0.2) is 29.2 Å². The molecular weight excluding hydrogens is 293 g/mol. The molecule has 0 unspecified atom stereocenters. The molecule has 21 heavy (non-hydrogen) atoms. The van der Waals surface area contributed by atoms with Gasteiger partial charge in [-0.1, -0.05) is 31.4 Å². The van der Waals surface area contributed by atoms with Gasteiger partial charge in [0.2, 0.25) is 5.91 Å². The van der Waals surface area contributed by atoms with Crippen LogP contribution in [0, 0.1) is 5.82 Å². The normalized spacial score (nSPS) is 18.2. The third kappa shape index (κ3) is 3.61. The van der Waals surface area contributed by atoms with Gasteiger partial charge in [0.25, 0.3) is 0 Å². The summed E-state index contributed by atoms with van der Waals surface area (Å²) >= 11 is 0. The minimum absolute atomic E-state index is 0.0320. The second-order valence-corrected chi connectivity index (χ2v) is 7.70. The van der Waals surface area contributed by atoms with E-state index in [4.69, 9.17) is 0 Å². The Kier molecular flexibility index (Phi) is 4.98. The number of halogens is 1. The lowest BCUT2D eigenvalue weighted by Crippen LogP contribution is -2.44. The second-order valence-electron chi connectivity index (χ2n) is 5.46. The molecular formula is C15H20FNO3S. The molecule has 0 spiro atoms. The molecule has 1 aliphatic rings. The molecule has 2 rings (SSSR count). The number of carbonyl (C=O) groups is 1. The Labute approximate surface area is 124 Å². The quantitative estimate of drug-likeness (QED) is 0.928. The SMILES string of the molecule is C[C@@H](C(=O)NC1CCCCC1)S(=O)(=O)c1ccccc1F. The third-order valence-electron chi connectivity index (χ3n) is 3.93.